The number of nitrogens with one attached hydrogen (secondary N) is 4. The van der Waals surface area contributed by atoms with Crippen molar-refractivity contribution in [2.24, 2.45) is 5.73 Å². The number of carbonyl (C=O) groups excluding carboxylic acids is 5. The van der Waals surface area contributed by atoms with Gasteiger partial charge in [0.15, 0.2) is 0 Å². The second-order valence-electron chi connectivity index (χ2n) is 12.7. The van der Waals surface area contributed by atoms with E-state index in [0.717, 1.165) is 22.3 Å². The first-order valence-electron chi connectivity index (χ1n) is 15.2. The summed E-state index contributed by atoms with van der Waals surface area (Å²) in [7, 11) is 3.71. The van der Waals surface area contributed by atoms with Gasteiger partial charge in [0.05, 0.1) is 24.4 Å². The second-order valence-corrected chi connectivity index (χ2v) is 16.1. The molecule has 0 aliphatic carbocycles. The first-order valence-corrected chi connectivity index (χ1v) is 17.3. The van der Waals surface area contributed by atoms with Crippen LogP contribution in [0.25, 0.3) is 0 Å². The maximum Gasteiger partial charge on any atom is 0.329 e. The van der Waals surface area contributed by atoms with Crippen LogP contribution in [-0.4, -0.2) is 82.0 Å². The number of phenols is 1. The molecule has 1 fully saturated rings. The van der Waals surface area contributed by atoms with E-state index >= 15 is 0 Å². The van der Waals surface area contributed by atoms with Crippen molar-refractivity contribution in [1.82, 2.24) is 21.3 Å². The predicted molar refractivity (Wildman–Crippen MR) is 184 cm³/mol. The second kappa shape index (κ2) is 15.9. The lowest BCUT2D eigenvalue weighted by Crippen LogP contribution is -2.62. The number of amides is 4. The van der Waals surface area contributed by atoms with Crippen LogP contribution in [0, 0.1) is 13.8 Å². The molecule has 4 atom stereocenters. The van der Waals surface area contributed by atoms with Gasteiger partial charge in [-0.25, -0.2) is 4.79 Å². The maximum atomic E-state index is 13.7. The molecule has 12 nitrogen and oxygen atoms in total. The van der Waals surface area contributed by atoms with E-state index in [-0.39, 0.29) is 18.6 Å². The number of benzene rings is 2. The molecule has 2 aromatic carbocycles. The average Bonchev–Trinajstić information content (AvgIpc) is 3.01. The molecule has 2 aromatic rings. The quantitative estimate of drug-likeness (QED) is 0.185. The molecule has 0 aromatic heterocycles. The molecule has 1 aliphatic rings. The smallest absolute Gasteiger partial charge is 0.329 e. The van der Waals surface area contributed by atoms with E-state index in [1.165, 1.54) is 28.7 Å². The Kier molecular flexibility index (Phi) is 12.8. The normalized spacial score (nSPS) is 22.5. The van der Waals surface area contributed by atoms with Crippen LogP contribution >= 0.6 is 21.6 Å². The highest BCUT2D eigenvalue weighted by molar-refractivity contribution is 8.77. The molecule has 7 N–H and O–H groups in total. The fourth-order valence-electron chi connectivity index (χ4n) is 5.17. The first-order chi connectivity index (χ1) is 21.9. The van der Waals surface area contributed by atoms with E-state index < -0.39 is 69.8 Å². The summed E-state index contributed by atoms with van der Waals surface area (Å²) in [5, 5.41) is 20.8. The average molecular weight is 688 g/mol. The van der Waals surface area contributed by atoms with Gasteiger partial charge in [0.25, 0.3) is 0 Å². The largest absolute Gasteiger partial charge is 0.508 e. The lowest BCUT2D eigenvalue weighted by molar-refractivity contribution is -0.146. The third-order valence-corrected chi connectivity index (χ3v) is 12.2. The van der Waals surface area contributed by atoms with E-state index in [4.69, 9.17) is 10.5 Å². The van der Waals surface area contributed by atoms with Crippen molar-refractivity contribution in [3.8, 4) is 5.75 Å². The van der Waals surface area contributed by atoms with Crippen LogP contribution in [0.1, 0.15) is 49.9 Å². The fourth-order valence-corrected chi connectivity index (χ4v) is 7.98. The Labute approximate surface area is 283 Å². The summed E-state index contributed by atoms with van der Waals surface area (Å²) in [4.78, 5) is 66.8. The Morgan fingerprint density at radius 1 is 1.00 bits per heavy atom. The molecule has 0 radical (unpaired) electrons. The third kappa shape index (κ3) is 10.1. The Hall–Kier alpha value is -3.75. The molecule has 1 heterocycles. The molecule has 0 bridgehead atoms. The van der Waals surface area contributed by atoms with Crippen molar-refractivity contribution in [2.45, 2.75) is 88.0 Å². The van der Waals surface area contributed by atoms with E-state index in [2.05, 4.69) is 21.3 Å². The molecule has 4 amide bonds. The molecule has 256 valence electrons. The lowest BCUT2D eigenvalue weighted by Gasteiger charge is -2.38. The zero-order chi connectivity index (χ0) is 35.1. The zero-order valence-electron chi connectivity index (χ0n) is 27.8. The minimum atomic E-state index is -1.15. The third-order valence-electron chi connectivity index (χ3n) is 7.93. The molecular formula is C33H45N5O7S2. The van der Waals surface area contributed by atoms with Crippen LogP contribution in [0.4, 0.5) is 0 Å². The van der Waals surface area contributed by atoms with Crippen molar-refractivity contribution < 1.29 is 33.8 Å². The maximum absolute atomic E-state index is 13.7. The van der Waals surface area contributed by atoms with Gasteiger partial charge in [-0.2, -0.15) is 0 Å². The molecule has 1 saturated heterocycles. The number of hydrogen-bond acceptors (Lipinski definition) is 10. The first kappa shape index (κ1) is 37.7. The molecule has 0 spiro atoms. The molecule has 3 rings (SSSR count). The predicted octanol–water partition coefficient (Wildman–Crippen LogP) is 1.82. The number of methoxy groups -OCH3 is 1. The van der Waals surface area contributed by atoms with Gasteiger partial charge in [0.1, 0.15) is 23.9 Å². The van der Waals surface area contributed by atoms with Gasteiger partial charge >= 0.3 is 5.97 Å². The molecule has 0 unspecified atom stereocenters. The van der Waals surface area contributed by atoms with Crippen LogP contribution in [0.2, 0.25) is 0 Å². The van der Waals surface area contributed by atoms with Crippen LogP contribution in [0.3, 0.4) is 0 Å². The van der Waals surface area contributed by atoms with Gasteiger partial charge in [0.2, 0.25) is 23.6 Å². The molecule has 14 heteroatoms. The molecule has 1 aliphatic heterocycles. The van der Waals surface area contributed by atoms with Crippen LogP contribution in [-0.2, 0) is 41.6 Å². The lowest BCUT2D eigenvalue weighted by atomic mass is 9.95. The minimum Gasteiger partial charge on any atom is -0.508 e. The minimum absolute atomic E-state index is 0.113. The number of esters is 1. The van der Waals surface area contributed by atoms with Gasteiger partial charge in [-0.3, -0.25) is 19.2 Å². The number of hydrogen-bond donors (Lipinski definition) is 6. The van der Waals surface area contributed by atoms with Crippen LogP contribution < -0.4 is 27.0 Å². The van der Waals surface area contributed by atoms with Crippen molar-refractivity contribution in [3.63, 3.8) is 0 Å². The summed E-state index contributed by atoms with van der Waals surface area (Å²) >= 11 is 0. The Morgan fingerprint density at radius 2 is 1.60 bits per heavy atom. The van der Waals surface area contributed by atoms with Gasteiger partial charge in [-0.15, -0.1) is 0 Å². The number of nitrogens with two attached hydrogens (primary N) is 1. The van der Waals surface area contributed by atoms with Gasteiger partial charge in [-0.1, -0.05) is 51.9 Å². The zero-order valence-corrected chi connectivity index (χ0v) is 29.4. The summed E-state index contributed by atoms with van der Waals surface area (Å²) in [5.41, 5.74) is 9.47. The topological polar surface area (TPSA) is 189 Å². The van der Waals surface area contributed by atoms with Crippen molar-refractivity contribution >= 4 is 51.2 Å². The van der Waals surface area contributed by atoms with Crippen LogP contribution in [0.5, 0.6) is 5.75 Å². The van der Waals surface area contributed by atoms with Crippen LogP contribution in [0.15, 0.2) is 42.5 Å². The summed E-state index contributed by atoms with van der Waals surface area (Å²) in [6.07, 6.45) is 0.297. The highest BCUT2D eigenvalue weighted by Gasteiger charge is 2.44. The summed E-state index contributed by atoms with van der Waals surface area (Å²) < 4.78 is 3.06. The fraction of sp³-hybridized carbons (Fsp3) is 0.485. The summed E-state index contributed by atoms with van der Waals surface area (Å²) in [5.74, 6) is -3.00. The SMILES string of the molecule is COC(=O)[C@@H]1NC(=O)[C@H](Cc2ccccc2)NC(=O)CNC(=O)[C@H](NC(=O)[C@@H](N)Cc2c(C)cc(O)cc2C)C(C)(C)SSC1(C)C. The molecule has 0 saturated carbocycles. The van der Waals surface area contributed by atoms with Gasteiger partial charge in [0, 0.05) is 11.2 Å². The van der Waals surface area contributed by atoms with E-state index in [0.29, 0.717) is 0 Å². The molecular weight excluding hydrogens is 643 g/mol. The van der Waals surface area contributed by atoms with Crippen molar-refractivity contribution in [1.29, 1.82) is 0 Å². The van der Waals surface area contributed by atoms with E-state index in [1.807, 2.05) is 44.2 Å². The standard InChI is InChI=1S/C33H45N5O7S2/c1-18-13-21(39)14-19(2)22(18)16-23(34)28(41)37-26-30(43)35-17-25(40)36-24(15-20-11-9-8-10-12-20)29(42)38-27(31(44)45-7)33(5,6)47-46-32(26,3)4/h8-14,23-24,26-27,39H,15-17,34H2,1-7H3,(H,35,43)(H,36,40)(H,37,41)(H,38,42)/t23-,24-,26-,27-/m0/s1. The summed E-state index contributed by atoms with van der Waals surface area (Å²) in [6.45, 7) is 10.2. The Morgan fingerprint density at radius 3 is 2.19 bits per heavy atom. The highest BCUT2D eigenvalue weighted by Crippen LogP contribution is 2.46. The van der Waals surface area contributed by atoms with E-state index in [1.54, 1.807) is 39.8 Å². The monoisotopic (exact) mass is 687 g/mol. The Bertz CT molecular complexity index is 1460. The van der Waals surface area contributed by atoms with E-state index in [9.17, 15) is 29.1 Å². The molecule has 47 heavy (non-hydrogen) atoms. The van der Waals surface area contributed by atoms with Gasteiger partial charge < -0.3 is 36.8 Å². The number of aryl methyl sites for hydroxylation is 2. The number of ether oxygens (including phenoxy) is 1. The van der Waals surface area contributed by atoms with Crippen molar-refractivity contribution in [2.75, 3.05) is 13.7 Å². The van der Waals surface area contributed by atoms with Crippen molar-refractivity contribution in [3.05, 3.63) is 64.7 Å². The van der Waals surface area contributed by atoms with Gasteiger partial charge in [-0.05, 0) is 82.3 Å². The number of carbonyl (C=O) groups is 5. The number of phenolic OH excluding ortho intramolecular Hbond substituents is 1. The highest BCUT2D eigenvalue weighted by atomic mass is 33.1. The number of aromatic hydroxyl groups is 1. The number of rotatable bonds is 7. The summed E-state index contributed by atoms with van der Waals surface area (Å²) in [6, 6.07) is 7.88. The Balaban J connectivity index is 1.92.